The predicted octanol–water partition coefficient (Wildman–Crippen LogP) is 2.54. The maximum atomic E-state index is 13.0. The molecule has 0 N–H and O–H groups in total. The highest BCUT2D eigenvalue weighted by Gasteiger charge is 2.53. The summed E-state index contributed by atoms with van der Waals surface area (Å²) in [6.45, 7) is 3.29. The second kappa shape index (κ2) is 9.80. The first-order chi connectivity index (χ1) is 16.3. The number of carbonyl (C=O) groups is 4. The molecule has 1 fully saturated rings. The molecule has 3 aliphatic heterocycles. The van der Waals surface area contributed by atoms with Gasteiger partial charge in [0.2, 0.25) is 0 Å². The molecule has 34 heavy (non-hydrogen) atoms. The molecule has 1 amide bonds. The molecular formula is C23H23N3O7S. The second-order valence-corrected chi connectivity index (χ2v) is 8.68. The van der Waals surface area contributed by atoms with Crippen LogP contribution in [0.3, 0.4) is 0 Å². The summed E-state index contributed by atoms with van der Waals surface area (Å²) in [4.78, 5) is 51.4. The Balaban J connectivity index is 1.44. The van der Waals surface area contributed by atoms with Gasteiger partial charge in [0.25, 0.3) is 5.91 Å². The van der Waals surface area contributed by atoms with Gasteiger partial charge in [-0.1, -0.05) is 12.1 Å². The highest BCUT2D eigenvalue weighted by Crippen LogP contribution is 2.47. The van der Waals surface area contributed by atoms with Crippen molar-refractivity contribution in [3.8, 4) is 5.75 Å². The Morgan fingerprint density at radius 1 is 1.12 bits per heavy atom. The van der Waals surface area contributed by atoms with E-state index in [9.17, 15) is 19.2 Å². The van der Waals surface area contributed by atoms with E-state index < -0.39 is 35.3 Å². The summed E-state index contributed by atoms with van der Waals surface area (Å²) in [6.07, 6.45) is 0.159. The van der Waals surface area contributed by atoms with Crippen molar-refractivity contribution in [2.45, 2.75) is 44.3 Å². The molecule has 3 aliphatic rings. The average molecular weight is 486 g/mol. The topological polar surface area (TPSA) is 124 Å². The number of amides is 1. The van der Waals surface area contributed by atoms with Crippen molar-refractivity contribution >= 4 is 35.4 Å². The number of esters is 2. The highest BCUT2D eigenvalue weighted by atomic mass is 32.2. The first-order valence-corrected chi connectivity index (χ1v) is 11.6. The Morgan fingerprint density at radius 2 is 1.82 bits per heavy atom. The van der Waals surface area contributed by atoms with Crippen molar-refractivity contribution in [1.29, 1.82) is 0 Å². The number of methoxy groups -OCH3 is 1. The smallest absolute Gasteiger partial charge is 0.355 e. The van der Waals surface area contributed by atoms with E-state index in [1.807, 2.05) is 0 Å². The fourth-order valence-electron chi connectivity index (χ4n) is 3.92. The van der Waals surface area contributed by atoms with Gasteiger partial charge in [0, 0.05) is 17.4 Å². The number of rotatable bonds is 8. The lowest BCUT2D eigenvalue weighted by molar-refractivity contribution is -0.146. The molecule has 0 aromatic heterocycles. The van der Waals surface area contributed by atoms with Crippen LogP contribution in [0, 0.1) is 0 Å². The third-order valence-corrected chi connectivity index (χ3v) is 6.65. The lowest BCUT2D eigenvalue weighted by atomic mass is 9.89. The molecule has 178 valence electrons. The molecular weight excluding hydrogens is 462 g/mol. The molecule has 4 rings (SSSR count). The monoisotopic (exact) mass is 485 g/mol. The summed E-state index contributed by atoms with van der Waals surface area (Å²) >= 11 is 1.24. The average Bonchev–Trinajstić information content (AvgIpc) is 3.46. The summed E-state index contributed by atoms with van der Waals surface area (Å²) in [7, 11) is 1.56. The summed E-state index contributed by atoms with van der Waals surface area (Å²) in [5, 5.41) is 9.04. The summed E-state index contributed by atoms with van der Waals surface area (Å²) in [5.41, 5.74) is 1.39. The Morgan fingerprint density at radius 3 is 2.47 bits per heavy atom. The number of fused-ring (bicyclic) bond motifs is 1. The van der Waals surface area contributed by atoms with Crippen LogP contribution in [0.5, 0.6) is 5.75 Å². The van der Waals surface area contributed by atoms with Crippen molar-refractivity contribution in [3.63, 3.8) is 0 Å². The molecule has 1 saturated heterocycles. The van der Waals surface area contributed by atoms with Gasteiger partial charge in [-0.2, -0.15) is 10.2 Å². The van der Waals surface area contributed by atoms with Crippen LogP contribution in [0.25, 0.3) is 0 Å². The molecule has 11 heteroatoms. The van der Waals surface area contributed by atoms with E-state index in [-0.39, 0.29) is 42.3 Å². The molecule has 0 spiro atoms. The van der Waals surface area contributed by atoms with Crippen LogP contribution in [0.1, 0.15) is 25.8 Å². The molecule has 2 unspecified atom stereocenters. The van der Waals surface area contributed by atoms with Crippen LogP contribution in [-0.2, 0) is 35.3 Å². The number of β-lactam (4-membered cyclic amide) rings is 1. The number of nitrogens with zero attached hydrogens (tertiary/aromatic N) is 3. The largest absolute Gasteiger partial charge is 0.497 e. The van der Waals surface area contributed by atoms with Crippen molar-refractivity contribution in [2.24, 2.45) is 10.2 Å². The number of azo groups is 1. The molecule has 0 bridgehead atoms. The number of hydrogen-bond acceptors (Lipinski definition) is 10. The fourth-order valence-corrected chi connectivity index (χ4v) is 5.08. The van der Waals surface area contributed by atoms with Gasteiger partial charge in [-0.15, -0.1) is 11.8 Å². The van der Waals surface area contributed by atoms with Gasteiger partial charge >= 0.3 is 11.9 Å². The van der Waals surface area contributed by atoms with Crippen molar-refractivity contribution in [1.82, 2.24) is 4.90 Å². The molecule has 1 aromatic rings. The zero-order chi connectivity index (χ0) is 24.4. The Hall–Kier alpha value is -3.47. The van der Waals surface area contributed by atoms with Gasteiger partial charge in [0.15, 0.2) is 11.8 Å². The van der Waals surface area contributed by atoms with E-state index in [2.05, 4.69) is 10.2 Å². The summed E-state index contributed by atoms with van der Waals surface area (Å²) < 4.78 is 15.4. The molecule has 0 radical (unpaired) electrons. The van der Waals surface area contributed by atoms with Gasteiger partial charge in [-0.25, -0.2) is 9.59 Å². The van der Waals surface area contributed by atoms with E-state index in [0.29, 0.717) is 5.75 Å². The summed E-state index contributed by atoms with van der Waals surface area (Å²) in [5.74, 6) is -1.24. The van der Waals surface area contributed by atoms with Crippen molar-refractivity contribution < 1.29 is 33.4 Å². The number of hydrogen-bond donors (Lipinski definition) is 0. The minimum Gasteiger partial charge on any atom is -0.497 e. The Kier molecular flexibility index (Phi) is 6.82. The van der Waals surface area contributed by atoms with E-state index >= 15 is 0 Å². The molecule has 0 aliphatic carbocycles. The molecule has 3 atom stereocenters. The van der Waals surface area contributed by atoms with Gasteiger partial charge < -0.3 is 14.2 Å². The molecule has 0 saturated carbocycles. The first-order valence-electron chi connectivity index (χ1n) is 10.7. The number of benzene rings is 1. The third-order valence-electron chi connectivity index (χ3n) is 5.59. The predicted molar refractivity (Wildman–Crippen MR) is 120 cm³/mol. The number of ketones is 1. The van der Waals surface area contributed by atoms with Crippen LogP contribution in [0.2, 0.25) is 0 Å². The van der Waals surface area contributed by atoms with Crippen LogP contribution in [0.4, 0.5) is 0 Å². The fraction of sp³-hybridized carbons (Fsp3) is 0.391. The first kappa shape index (κ1) is 23.7. The van der Waals surface area contributed by atoms with Gasteiger partial charge in [-0.05, 0) is 31.5 Å². The molecule has 1 aromatic carbocycles. The highest BCUT2D eigenvalue weighted by molar-refractivity contribution is 8.03. The maximum Gasteiger partial charge on any atom is 0.355 e. The zero-order valence-electron chi connectivity index (χ0n) is 18.8. The van der Waals surface area contributed by atoms with E-state index in [0.717, 1.165) is 5.56 Å². The van der Waals surface area contributed by atoms with E-state index in [1.54, 1.807) is 43.7 Å². The van der Waals surface area contributed by atoms with Crippen molar-refractivity contribution in [2.75, 3.05) is 13.7 Å². The van der Waals surface area contributed by atoms with Crippen LogP contribution >= 0.6 is 11.8 Å². The lowest BCUT2D eigenvalue weighted by Crippen LogP contribution is -2.53. The normalized spacial score (nSPS) is 24.2. The van der Waals surface area contributed by atoms with Crippen LogP contribution < -0.4 is 4.74 Å². The Bertz CT molecular complexity index is 1130. The van der Waals surface area contributed by atoms with Gasteiger partial charge in [0.05, 0.1) is 19.3 Å². The zero-order valence-corrected chi connectivity index (χ0v) is 19.7. The number of Topliss-reactive ketones (excluding diaryl/α,β-unsaturated/α-hetero) is 1. The lowest BCUT2D eigenvalue weighted by Gasteiger charge is -2.39. The molecule has 3 heterocycles. The molecule has 10 nitrogen and oxygen atoms in total. The minimum absolute atomic E-state index is 0.0383. The van der Waals surface area contributed by atoms with Crippen molar-refractivity contribution in [3.05, 3.63) is 52.1 Å². The minimum atomic E-state index is -0.802. The second-order valence-electron chi connectivity index (χ2n) is 7.72. The third kappa shape index (κ3) is 4.35. The number of ether oxygens (including phenoxy) is 3. The Labute approximate surface area is 200 Å². The quantitative estimate of drug-likeness (QED) is 0.313. The number of thioether (sulfide) groups is 1. The maximum absolute atomic E-state index is 13.0. The van der Waals surface area contributed by atoms with Crippen LogP contribution in [0.15, 0.2) is 56.7 Å². The van der Waals surface area contributed by atoms with E-state index in [4.69, 9.17) is 14.2 Å². The van der Waals surface area contributed by atoms with Crippen LogP contribution in [-0.4, -0.2) is 59.7 Å². The summed E-state index contributed by atoms with van der Waals surface area (Å²) in [6, 6.07) is 5.57. The van der Waals surface area contributed by atoms with Gasteiger partial charge in [0.1, 0.15) is 29.5 Å². The SMILES string of the molecule is CCOC(=O)C1CC(C(C(C)=O)=C2C(=O)N3C(C(=O)OCc4ccc(OC)cc4)=CS[C@@H]23)N=N1. The number of carbonyl (C=O) groups excluding carboxylic acids is 4. The van der Waals surface area contributed by atoms with E-state index in [1.165, 1.54) is 23.6 Å². The standard InChI is InChI=1S/C23H23N3O7S/c1-4-32-22(29)16-9-15(24-25-16)18(12(2)27)19-20(28)26-17(11-34-21(19)26)23(30)33-10-13-5-7-14(31-3)8-6-13/h5-8,11,15-16,21H,4,9-10H2,1-3H3/t15?,16?,21-/m0/s1. The van der Waals surface area contributed by atoms with Gasteiger partial charge in [-0.3, -0.25) is 14.5 Å².